The Labute approximate surface area is 124 Å². The lowest BCUT2D eigenvalue weighted by Crippen LogP contribution is -2.47. The molecule has 1 spiro atoms. The maximum Gasteiger partial charge on any atom is 0.325 e. The summed E-state index contributed by atoms with van der Waals surface area (Å²) in [5, 5.41) is 2.47. The first-order valence-electron chi connectivity index (χ1n) is 7.53. The number of ether oxygens (including phenoxy) is 1. The molecular weight excluding hydrogens is 268 g/mol. The summed E-state index contributed by atoms with van der Waals surface area (Å²) in [6, 6.07) is 9.36. The molecule has 1 aliphatic carbocycles. The molecule has 1 saturated heterocycles. The summed E-state index contributed by atoms with van der Waals surface area (Å²) in [6.45, 7) is 1.10. The van der Waals surface area contributed by atoms with Gasteiger partial charge in [0.05, 0.1) is 6.61 Å². The van der Waals surface area contributed by atoms with Gasteiger partial charge in [0.25, 0.3) is 5.91 Å². The van der Waals surface area contributed by atoms with E-state index in [2.05, 4.69) is 5.32 Å². The predicted octanol–water partition coefficient (Wildman–Crippen LogP) is 2.32. The number of imide groups is 1. The van der Waals surface area contributed by atoms with Gasteiger partial charge in [0.1, 0.15) is 11.3 Å². The molecule has 1 aromatic rings. The van der Waals surface area contributed by atoms with Crippen molar-refractivity contribution in [3.63, 3.8) is 0 Å². The molecule has 0 atom stereocenters. The van der Waals surface area contributed by atoms with Gasteiger partial charge in [-0.3, -0.25) is 10.1 Å². The number of hydrogen-bond donors (Lipinski definition) is 1. The summed E-state index contributed by atoms with van der Waals surface area (Å²) in [5.41, 5.74) is -0.580. The molecule has 1 aliphatic heterocycles. The van der Waals surface area contributed by atoms with Crippen LogP contribution in [0, 0.1) is 0 Å². The Kier molecular flexibility index (Phi) is 3.82. The van der Waals surface area contributed by atoms with Gasteiger partial charge in [0.15, 0.2) is 0 Å². The van der Waals surface area contributed by atoms with Crippen LogP contribution in [0.4, 0.5) is 4.79 Å². The molecule has 0 aromatic heterocycles. The molecule has 3 amide bonds. The van der Waals surface area contributed by atoms with Crippen molar-refractivity contribution in [2.24, 2.45) is 0 Å². The van der Waals surface area contributed by atoms with Crippen molar-refractivity contribution in [1.82, 2.24) is 10.2 Å². The standard InChI is InChI=1S/C16H20N2O3/c19-14-16(9-4-5-10-16)18(15(20)17-14)11-6-12-21-13-7-2-1-3-8-13/h1-3,7-8H,4-6,9-12H2,(H,17,19,20). The Hall–Kier alpha value is -2.04. The van der Waals surface area contributed by atoms with Gasteiger partial charge in [-0.2, -0.15) is 0 Å². The number of benzene rings is 1. The van der Waals surface area contributed by atoms with E-state index in [1.54, 1.807) is 4.90 Å². The van der Waals surface area contributed by atoms with Gasteiger partial charge in [-0.1, -0.05) is 31.0 Å². The molecule has 0 unspecified atom stereocenters. The Bertz CT molecular complexity index is 524. The Balaban J connectivity index is 1.54. The summed E-state index contributed by atoms with van der Waals surface area (Å²) >= 11 is 0. The van der Waals surface area contributed by atoms with Gasteiger partial charge in [0, 0.05) is 6.54 Å². The van der Waals surface area contributed by atoms with Gasteiger partial charge in [-0.25, -0.2) is 4.79 Å². The lowest BCUT2D eigenvalue weighted by molar-refractivity contribution is -0.126. The number of urea groups is 1. The number of carbonyl (C=O) groups excluding carboxylic acids is 2. The van der Waals surface area contributed by atoms with Gasteiger partial charge in [-0.05, 0) is 31.4 Å². The number of amides is 3. The third kappa shape index (κ3) is 2.60. The minimum absolute atomic E-state index is 0.117. The van der Waals surface area contributed by atoms with Gasteiger partial charge < -0.3 is 9.64 Å². The van der Waals surface area contributed by atoms with Crippen LogP contribution in [0.2, 0.25) is 0 Å². The van der Waals surface area contributed by atoms with Crippen LogP contribution in [0.25, 0.3) is 0 Å². The fraction of sp³-hybridized carbons (Fsp3) is 0.500. The molecule has 0 bridgehead atoms. The quantitative estimate of drug-likeness (QED) is 0.668. The maximum atomic E-state index is 12.1. The SMILES string of the molecule is O=C1NC(=O)C2(CCCC2)N1CCCOc1ccccc1. The number of nitrogens with zero attached hydrogens (tertiary/aromatic N) is 1. The number of rotatable bonds is 5. The summed E-state index contributed by atoms with van der Waals surface area (Å²) in [5.74, 6) is 0.712. The zero-order valence-corrected chi connectivity index (χ0v) is 12.0. The van der Waals surface area contributed by atoms with E-state index in [0.717, 1.165) is 37.9 Å². The van der Waals surface area contributed by atoms with Crippen LogP contribution >= 0.6 is 0 Å². The summed E-state index contributed by atoms with van der Waals surface area (Å²) in [7, 11) is 0. The predicted molar refractivity (Wildman–Crippen MR) is 78.0 cm³/mol. The van der Waals surface area contributed by atoms with E-state index in [9.17, 15) is 9.59 Å². The van der Waals surface area contributed by atoms with Gasteiger partial charge in [-0.15, -0.1) is 0 Å². The molecule has 0 radical (unpaired) electrons. The first kappa shape index (κ1) is 13.9. The Morgan fingerprint density at radius 3 is 2.57 bits per heavy atom. The number of nitrogens with one attached hydrogen (secondary N) is 1. The number of carbonyl (C=O) groups is 2. The molecule has 112 valence electrons. The van der Waals surface area contributed by atoms with E-state index < -0.39 is 5.54 Å². The van der Waals surface area contributed by atoms with Crippen LogP contribution < -0.4 is 10.1 Å². The van der Waals surface area contributed by atoms with Crippen molar-refractivity contribution >= 4 is 11.9 Å². The summed E-state index contributed by atoms with van der Waals surface area (Å²) in [6.07, 6.45) is 4.31. The third-order valence-electron chi connectivity index (χ3n) is 4.37. The minimum Gasteiger partial charge on any atom is -0.494 e. The monoisotopic (exact) mass is 288 g/mol. The van der Waals surface area contributed by atoms with Crippen LogP contribution in [0.1, 0.15) is 32.1 Å². The highest BCUT2D eigenvalue weighted by molar-refractivity contribution is 6.07. The van der Waals surface area contributed by atoms with Crippen molar-refractivity contribution in [3.8, 4) is 5.75 Å². The zero-order chi connectivity index (χ0) is 14.7. The molecule has 2 fully saturated rings. The fourth-order valence-corrected chi connectivity index (χ4v) is 3.30. The highest BCUT2D eigenvalue weighted by atomic mass is 16.5. The Morgan fingerprint density at radius 2 is 1.86 bits per heavy atom. The normalized spacial score (nSPS) is 20.1. The van der Waals surface area contributed by atoms with E-state index in [4.69, 9.17) is 4.74 Å². The Morgan fingerprint density at radius 1 is 1.14 bits per heavy atom. The molecule has 1 aromatic carbocycles. The van der Waals surface area contributed by atoms with Crippen LogP contribution in [-0.4, -0.2) is 35.5 Å². The second-order valence-corrected chi connectivity index (χ2v) is 5.66. The van der Waals surface area contributed by atoms with Crippen LogP contribution in [0.5, 0.6) is 5.75 Å². The largest absolute Gasteiger partial charge is 0.494 e. The van der Waals surface area contributed by atoms with Gasteiger partial charge in [0.2, 0.25) is 0 Å². The second-order valence-electron chi connectivity index (χ2n) is 5.66. The summed E-state index contributed by atoms with van der Waals surface area (Å²) in [4.78, 5) is 25.8. The maximum absolute atomic E-state index is 12.1. The van der Waals surface area contributed by atoms with Crippen molar-refractivity contribution in [3.05, 3.63) is 30.3 Å². The van der Waals surface area contributed by atoms with E-state index in [1.165, 1.54) is 0 Å². The number of hydrogen-bond acceptors (Lipinski definition) is 3. The van der Waals surface area contributed by atoms with Crippen LogP contribution in [-0.2, 0) is 4.79 Å². The zero-order valence-electron chi connectivity index (χ0n) is 12.0. The first-order chi connectivity index (χ1) is 10.2. The van der Waals surface area contributed by atoms with Crippen molar-refractivity contribution < 1.29 is 14.3 Å². The average Bonchev–Trinajstić information content (AvgIpc) is 3.06. The smallest absolute Gasteiger partial charge is 0.325 e. The molecular formula is C16H20N2O3. The van der Waals surface area contributed by atoms with E-state index in [0.29, 0.717) is 13.2 Å². The van der Waals surface area contributed by atoms with Gasteiger partial charge >= 0.3 is 6.03 Å². The first-order valence-corrected chi connectivity index (χ1v) is 7.53. The molecule has 21 heavy (non-hydrogen) atoms. The highest BCUT2D eigenvalue weighted by Gasteiger charge is 2.53. The molecule has 2 aliphatic rings. The average molecular weight is 288 g/mol. The molecule has 1 heterocycles. The van der Waals surface area contributed by atoms with Crippen molar-refractivity contribution in [2.45, 2.75) is 37.6 Å². The highest BCUT2D eigenvalue weighted by Crippen LogP contribution is 2.38. The molecule has 3 rings (SSSR count). The lowest BCUT2D eigenvalue weighted by Gasteiger charge is -2.31. The van der Waals surface area contributed by atoms with E-state index in [1.807, 2.05) is 30.3 Å². The van der Waals surface area contributed by atoms with Crippen molar-refractivity contribution in [2.75, 3.05) is 13.2 Å². The molecule has 1 saturated carbocycles. The van der Waals surface area contributed by atoms with E-state index in [-0.39, 0.29) is 11.9 Å². The molecule has 1 N–H and O–H groups in total. The minimum atomic E-state index is -0.580. The van der Waals surface area contributed by atoms with Crippen LogP contribution in [0.15, 0.2) is 30.3 Å². The number of para-hydroxylation sites is 1. The molecule has 5 nitrogen and oxygen atoms in total. The molecule has 5 heteroatoms. The summed E-state index contributed by atoms with van der Waals surface area (Å²) < 4.78 is 5.64. The second kappa shape index (κ2) is 5.76. The van der Waals surface area contributed by atoms with E-state index >= 15 is 0 Å². The van der Waals surface area contributed by atoms with Crippen molar-refractivity contribution in [1.29, 1.82) is 0 Å². The fourth-order valence-electron chi connectivity index (χ4n) is 3.30. The third-order valence-corrected chi connectivity index (χ3v) is 4.37. The van der Waals surface area contributed by atoms with Crippen LogP contribution in [0.3, 0.4) is 0 Å². The topological polar surface area (TPSA) is 58.6 Å². The lowest BCUT2D eigenvalue weighted by atomic mass is 9.96.